The molecule has 314 valence electrons. The highest BCUT2D eigenvalue weighted by Crippen LogP contribution is 2.39. The van der Waals surface area contributed by atoms with Crippen LogP contribution in [0.15, 0.2) is 273 Å². The summed E-state index contributed by atoms with van der Waals surface area (Å²) in [5, 5.41) is 7.89. The second-order valence-corrected chi connectivity index (χ2v) is 20.9. The van der Waals surface area contributed by atoms with E-state index in [-0.39, 0.29) is 0 Å². The molecule has 11 rings (SSSR count). The molecular weight excluding hydrogens is 811 g/mol. The quantitative estimate of drug-likeness (QED) is 0.0925. The minimum atomic E-state index is -2.80. The van der Waals surface area contributed by atoms with Crippen LogP contribution in [0.2, 0.25) is 0 Å². The van der Waals surface area contributed by atoms with Crippen LogP contribution in [0.3, 0.4) is 0 Å². The fourth-order valence-corrected chi connectivity index (χ4v) is 14.9. The first-order valence-corrected chi connectivity index (χ1v) is 25.1. The lowest BCUT2D eigenvalue weighted by atomic mass is 9.89. The van der Waals surface area contributed by atoms with Crippen LogP contribution in [0.4, 0.5) is 17.1 Å². The fourth-order valence-electron chi connectivity index (χ4n) is 10.1. The Morgan fingerprint density at radius 2 is 0.833 bits per heavy atom. The molecule has 0 spiro atoms. The third-order valence-electron chi connectivity index (χ3n) is 13.3. The predicted molar refractivity (Wildman–Crippen MR) is 285 cm³/mol. The van der Waals surface area contributed by atoms with Crippen LogP contribution in [0.25, 0.3) is 49.7 Å². The van der Waals surface area contributed by atoms with Crippen molar-refractivity contribution < 1.29 is 0 Å². The molecule has 2 heteroatoms. The van der Waals surface area contributed by atoms with Gasteiger partial charge in [-0.25, -0.2) is 0 Å². The maximum atomic E-state index is 2.46. The Balaban J connectivity index is 1.06. The van der Waals surface area contributed by atoms with Crippen molar-refractivity contribution in [2.24, 2.45) is 0 Å². The van der Waals surface area contributed by atoms with Gasteiger partial charge in [-0.3, -0.25) is 0 Å². The van der Waals surface area contributed by atoms with E-state index in [1.165, 1.54) is 76.0 Å². The Morgan fingerprint density at radius 3 is 1.45 bits per heavy atom. The summed E-state index contributed by atoms with van der Waals surface area (Å²) in [4.78, 5) is 2.43. The number of fused-ring (bicyclic) bond motifs is 1. The van der Waals surface area contributed by atoms with Gasteiger partial charge in [0.15, 0.2) is 8.07 Å². The second-order valence-electron chi connectivity index (χ2n) is 17.1. The van der Waals surface area contributed by atoms with Crippen LogP contribution < -0.4 is 25.6 Å². The number of hydrogen-bond acceptors (Lipinski definition) is 1. The Morgan fingerprint density at radius 1 is 0.318 bits per heavy atom. The molecule has 0 saturated heterocycles. The van der Waals surface area contributed by atoms with E-state index in [1.807, 2.05) is 0 Å². The van der Waals surface area contributed by atoms with E-state index in [0.29, 0.717) is 0 Å². The lowest BCUT2D eigenvalue weighted by Crippen LogP contribution is -2.74. The molecule has 0 amide bonds. The van der Waals surface area contributed by atoms with E-state index >= 15 is 0 Å². The van der Waals surface area contributed by atoms with Gasteiger partial charge < -0.3 is 4.90 Å². The summed E-state index contributed by atoms with van der Waals surface area (Å²) in [5.74, 6) is 0. The molecule has 10 aromatic rings. The summed E-state index contributed by atoms with van der Waals surface area (Å²) < 4.78 is 0. The molecule has 0 radical (unpaired) electrons. The highest BCUT2D eigenvalue weighted by molar-refractivity contribution is 7.19. The largest absolute Gasteiger partial charge is 0.311 e. The monoisotopic (exact) mass is 859 g/mol. The first kappa shape index (κ1) is 40.7. The van der Waals surface area contributed by atoms with Crippen molar-refractivity contribution in [2.75, 3.05) is 4.90 Å². The van der Waals surface area contributed by atoms with E-state index in [2.05, 4.69) is 278 Å². The molecule has 0 unspecified atom stereocenters. The lowest BCUT2D eigenvalue weighted by Gasteiger charge is -2.35. The summed E-state index contributed by atoms with van der Waals surface area (Å²) >= 11 is 0. The van der Waals surface area contributed by atoms with Crippen LogP contribution in [0.5, 0.6) is 0 Å². The van der Waals surface area contributed by atoms with Crippen LogP contribution in [-0.2, 0) is 0 Å². The summed E-state index contributed by atoms with van der Waals surface area (Å²) in [6.07, 6.45) is 9.13. The number of nitrogens with zero attached hydrogens (tertiary/aromatic N) is 1. The molecule has 1 aliphatic rings. The van der Waals surface area contributed by atoms with Gasteiger partial charge in [-0.2, -0.15) is 0 Å². The smallest absolute Gasteiger partial charge is 0.179 e. The Hall–Kier alpha value is -8.04. The Kier molecular flexibility index (Phi) is 11.2. The van der Waals surface area contributed by atoms with Crippen LogP contribution in [-0.4, -0.2) is 8.07 Å². The summed E-state index contributed by atoms with van der Waals surface area (Å²) in [6.45, 7) is 0. The van der Waals surface area contributed by atoms with Crippen molar-refractivity contribution in [2.45, 2.75) is 12.8 Å². The minimum Gasteiger partial charge on any atom is -0.311 e. The molecule has 0 bridgehead atoms. The van der Waals surface area contributed by atoms with Crippen molar-refractivity contribution >= 4 is 62.2 Å². The third-order valence-corrected chi connectivity index (χ3v) is 18.0. The Labute approximate surface area is 390 Å². The summed E-state index contributed by atoms with van der Waals surface area (Å²) in [5.41, 5.74) is 13.2. The number of hydrogen-bond donors (Lipinski definition) is 0. The maximum absolute atomic E-state index is 2.80. The van der Waals surface area contributed by atoms with E-state index in [1.54, 1.807) is 0 Å². The van der Waals surface area contributed by atoms with E-state index in [4.69, 9.17) is 0 Å². The molecule has 0 fully saturated rings. The SMILES string of the molecule is C1=CC(c2cc(-c3ccc(N(c4ccc(-c5cccc6ccccc56)cc4)c4cccc([Si](c5ccccc5)(c5ccccc5)c5ccccc5)c4)cc3)ccc2-c2ccccc2)=CCC1. The van der Waals surface area contributed by atoms with Crippen molar-refractivity contribution in [3.8, 4) is 33.4 Å². The van der Waals surface area contributed by atoms with Gasteiger partial charge in [0.2, 0.25) is 0 Å². The highest BCUT2D eigenvalue weighted by Gasteiger charge is 2.41. The Bertz CT molecular complexity index is 3220. The van der Waals surface area contributed by atoms with Gasteiger partial charge in [0, 0.05) is 17.1 Å². The molecule has 66 heavy (non-hydrogen) atoms. The highest BCUT2D eigenvalue weighted by atomic mass is 28.3. The van der Waals surface area contributed by atoms with Gasteiger partial charge in [0.25, 0.3) is 0 Å². The molecular formula is C64H49NSi. The van der Waals surface area contributed by atoms with Gasteiger partial charge in [0.05, 0.1) is 0 Å². The van der Waals surface area contributed by atoms with Crippen molar-refractivity contribution in [1.29, 1.82) is 0 Å². The first-order valence-electron chi connectivity index (χ1n) is 23.1. The number of benzene rings is 10. The van der Waals surface area contributed by atoms with Crippen LogP contribution in [0.1, 0.15) is 18.4 Å². The zero-order valence-electron chi connectivity index (χ0n) is 36.8. The first-order chi connectivity index (χ1) is 32.7. The molecule has 0 atom stereocenters. The second kappa shape index (κ2) is 18.2. The van der Waals surface area contributed by atoms with Gasteiger partial charge in [0.1, 0.15) is 0 Å². The normalized spacial score (nSPS) is 12.5. The topological polar surface area (TPSA) is 3.24 Å². The predicted octanol–water partition coefficient (Wildman–Crippen LogP) is 14.4. The number of allylic oxidation sites excluding steroid dienone is 4. The summed E-state index contributed by atoms with van der Waals surface area (Å²) in [6, 6.07) is 94.2. The van der Waals surface area contributed by atoms with E-state index in [9.17, 15) is 0 Å². The average Bonchev–Trinajstić information content (AvgIpc) is 3.41. The van der Waals surface area contributed by atoms with E-state index < -0.39 is 8.07 Å². The zero-order chi connectivity index (χ0) is 44.1. The zero-order valence-corrected chi connectivity index (χ0v) is 37.8. The molecule has 0 heterocycles. The molecule has 1 nitrogen and oxygen atoms in total. The number of anilines is 3. The van der Waals surface area contributed by atoms with Crippen molar-refractivity contribution in [3.05, 3.63) is 279 Å². The molecule has 0 saturated carbocycles. The van der Waals surface area contributed by atoms with Gasteiger partial charge in [-0.15, -0.1) is 0 Å². The number of rotatable bonds is 11. The molecule has 10 aromatic carbocycles. The average molecular weight is 860 g/mol. The van der Waals surface area contributed by atoms with Gasteiger partial charge in [-0.1, -0.05) is 231 Å². The van der Waals surface area contributed by atoms with Crippen LogP contribution >= 0.6 is 0 Å². The maximum Gasteiger partial charge on any atom is 0.179 e. The standard InChI is InChI=1S/C64H49NSi/c1-6-20-49(21-7-1)63-45-40-53(46-64(63)51-22-8-2-9-23-51)48-36-41-54(42-37-48)65(55-43-38-52(39-44-55)62-35-18-25-50-24-16-17-34-61(50)62)56-26-19-33-60(47-56)66(57-27-10-3-11-28-57,58-29-12-4-13-30-58)59-31-14-5-15-32-59/h1,3-8,10-47H,2,9H2. The van der Waals surface area contributed by atoms with Crippen LogP contribution in [0, 0.1) is 0 Å². The van der Waals surface area contributed by atoms with Gasteiger partial charge in [-0.05, 0) is 131 Å². The molecule has 0 aliphatic heterocycles. The lowest BCUT2D eigenvalue weighted by molar-refractivity contribution is 1.04. The van der Waals surface area contributed by atoms with Gasteiger partial charge >= 0.3 is 0 Å². The van der Waals surface area contributed by atoms with E-state index in [0.717, 1.165) is 29.9 Å². The minimum absolute atomic E-state index is 1.06. The third kappa shape index (κ3) is 7.72. The molecule has 0 aromatic heterocycles. The molecule has 0 N–H and O–H groups in total. The molecule has 1 aliphatic carbocycles. The van der Waals surface area contributed by atoms with Crippen molar-refractivity contribution in [1.82, 2.24) is 0 Å². The van der Waals surface area contributed by atoms with Crippen molar-refractivity contribution in [3.63, 3.8) is 0 Å². The summed E-state index contributed by atoms with van der Waals surface area (Å²) in [7, 11) is -2.80. The fraction of sp³-hybridized carbons (Fsp3) is 0.0312.